The summed E-state index contributed by atoms with van der Waals surface area (Å²) >= 11 is 1.86. The zero-order chi connectivity index (χ0) is 84.2. The molecular weight excluding hydrogens is 1570 g/mol. The van der Waals surface area contributed by atoms with Crippen LogP contribution in [0, 0.1) is 0 Å². The van der Waals surface area contributed by atoms with E-state index in [2.05, 4.69) is 495 Å². The molecule has 2 aromatic heterocycles. The molecule has 0 saturated heterocycles. The molecule has 26 rings (SSSR count). The lowest BCUT2D eigenvalue weighted by Crippen LogP contribution is -2.29. The average Bonchev–Trinajstić information content (AvgIpc) is 1.53. The van der Waals surface area contributed by atoms with Crippen molar-refractivity contribution in [3.05, 3.63) is 574 Å². The first-order valence-corrected chi connectivity index (χ1v) is 45.2. The lowest BCUT2D eigenvalue weighted by molar-refractivity contribution is 0.669. The highest BCUT2D eigenvalue weighted by atomic mass is 32.1. The molecule has 0 saturated carbocycles. The van der Waals surface area contributed by atoms with Gasteiger partial charge in [0.2, 0.25) is 0 Å². The van der Waals surface area contributed by atoms with Crippen molar-refractivity contribution in [1.82, 2.24) is 0 Å². The molecule has 4 heteroatoms. The number of hydrogen-bond donors (Lipinski definition) is 0. The minimum absolute atomic E-state index is 0.609. The third-order valence-electron chi connectivity index (χ3n) is 28.6. The Hall–Kier alpha value is -16.0. The quantitative estimate of drug-likeness (QED) is 0.102. The number of rotatable bonds is 15. The summed E-state index contributed by atoms with van der Waals surface area (Å²) in [6.07, 6.45) is 0. The van der Waals surface area contributed by atoms with Gasteiger partial charge >= 0.3 is 0 Å². The monoisotopic (exact) mass is 1640 g/mol. The molecule has 4 aliphatic rings. The second kappa shape index (κ2) is 28.8. The van der Waals surface area contributed by atoms with Gasteiger partial charge in [0.1, 0.15) is 5.58 Å². The van der Waals surface area contributed by atoms with Crippen molar-refractivity contribution in [3.8, 4) is 55.6 Å². The molecule has 4 aliphatic carbocycles. The predicted octanol–water partition coefficient (Wildman–Crippen LogP) is 32.0. The number of anilines is 6. The predicted molar refractivity (Wildman–Crippen MR) is 531 cm³/mol. The fourth-order valence-corrected chi connectivity index (χ4v) is 24.5. The summed E-state index contributed by atoms with van der Waals surface area (Å²) < 4.78 is 10.0. The molecule has 0 spiro atoms. The van der Waals surface area contributed by atoms with Gasteiger partial charge in [-0.1, -0.05) is 394 Å². The maximum atomic E-state index is 7.51. The summed E-state index contributed by atoms with van der Waals surface area (Å²) in [5, 5.41) is 4.58. The maximum Gasteiger partial charge on any atom is 0.159 e. The second-order valence-corrected chi connectivity index (χ2v) is 35.7. The average molecular weight is 1650 g/mol. The number of furan rings is 1. The van der Waals surface area contributed by atoms with Crippen LogP contribution in [0.15, 0.2) is 490 Å². The van der Waals surface area contributed by atoms with E-state index in [9.17, 15) is 0 Å². The van der Waals surface area contributed by atoms with Crippen molar-refractivity contribution < 1.29 is 4.42 Å². The van der Waals surface area contributed by atoms with Gasteiger partial charge in [0.05, 0.1) is 27.3 Å². The Morgan fingerprint density at radius 3 is 0.867 bits per heavy atom. The number of nitrogens with zero attached hydrogens (tertiary/aromatic N) is 2. The molecule has 0 fully saturated rings. The molecule has 3 nitrogen and oxygen atoms in total. The van der Waals surface area contributed by atoms with Gasteiger partial charge in [0, 0.05) is 59.4 Å². The van der Waals surface area contributed by atoms with Gasteiger partial charge in [0.25, 0.3) is 0 Å². The van der Waals surface area contributed by atoms with Crippen LogP contribution in [0.3, 0.4) is 0 Å². The Labute approximate surface area is 748 Å². The summed E-state index contributed by atoms with van der Waals surface area (Å²) in [6, 6.07) is 183. The minimum atomic E-state index is -0.746. The summed E-state index contributed by atoms with van der Waals surface area (Å²) in [5.41, 5.74) is 36.9. The maximum absolute atomic E-state index is 7.51. The molecular formula is C124H80N2OS. The minimum Gasteiger partial charge on any atom is -0.454 e. The van der Waals surface area contributed by atoms with E-state index < -0.39 is 21.7 Å². The Bertz CT molecular complexity index is 7880. The normalized spacial score (nSPS) is 14.8. The number of para-hydroxylation sites is 1. The van der Waals surface area contributed by atoms with Crippen molar-refractivity contribution >= 4 is 87.6 Å². The molecule has 1 atom stereocenters. The third kappa shape index (κ3) is 10.5. The Morgan fingerprint density at radius 1 is 0.180 bits per heavy atom. The lowest BCUT2D eigenvalue weighted by atomic mass is 9.67. The molecule has 1 unspecified atom stereocenters. The first kappa shape index (κ1) is 73.5. The van der Waals surface area contributed by atoms with E-state index in [-0.39, 0.29) is 0 Å². The van der Waals surface area contributed by atoms with Gasteiger partial charge in [-0.2, -0.15) is 0 Å². The van der Waals surface area contributed by atoms with E-state index >= 15 is 0 Å². The van der Waals surface area contributed by atoms with E-state index in [1.807, 2.05) is 11.3 Å². The molecule has 0 radical (unpaired) electrons. The van der Waals surface area contributed by atoms with Crippen molar-refractivity contribution in [2.45, 2.75) is 21.7 Å². The van der Waals surface area contributed by atoms with Crippen molar-refractivity contribution in [2.24, 2.45) is 0 Å². The molecule has 0 bridgehead atoms. The number of hydrogen-bond acceptors (Lipinski definition) is 4. The second-order valence-electron chi connectivity index (χ2n) is 34.7. The first-order chi connectivity index (χ1) is 63.5. The van der Waals surface area contributed by atoms with Crippen molar-refractivity contribution in [1.29, 1.82) is 0 Å². The van der Waals surface area contributed by atoms with Crippen LogP contribution in [-0.4, -0.2) is 0 Å². The van der Waals surface area contributed by atoms with E-state index in [0.717, 1.165) is 67.2 Å². The molecule has 598 valence electrons. The van der Waals surface area contributed by atoms with Crippen molar-refractivity contribution in [2.75, 3.05) is 9.80 Å². The molecule has 2 heterocycles. The van der Waals surface area contributed by atoms with Crippen LogP contribution < -0.4 is 9.80 Å². The summed E-state index contributed by atoms with van der Waals surface area (Å²) in [4.78, 5) is 5.03. The molecule has 0 amide bonds. The first-order valence-electron chi connectivity index (χ1n) is 44.4. The van der Waals surface area contributed by atoms with Crippen LogP contribution in [0.4, 0.5) is 34.1 Å². The molecule has 20 aromatic carbocycles. The van der Waals surface area contributed by atoms with Gasteiger partial charge in [-0.15, -0.1) is 11.3 Å². The van der Waals surface area contributed by atoms with Gasteiger partial charge in [-0.05, 0) is 236 Å². The van der Waals surface area contributed by atoms with E-state index in [1.165, 1.54) is 154 Å². The van der Waals surface area contributed by atoms with E-state index in [4.69, 9.17) is 4.42 Å². The number of benzene rings is 20. The van der Waals surface area contributed by atoms with Gasteiger partial charge in [-0.3, -0.25) is 0 Å². The lowest BCUT2D eigenvalue weighted by Gasteiger charge is -2.36. The SMILES string of the molecule is c1ccc(C2(c3ccccc3)c3ccccc3-c3ccc(N(c4ccc5c(c4)C(c4ccccc4)(c4ccc(-c6ccc7oc8c(N(c9ccc%10c(c9)C(c9ccccc9)(c9ccccc9)c9ccccc9-%10)c9ccc%10c(c9)C(c9ccccc9)(c9ccccc9)c9ccccc9-%10)cccc8c7c6)cc4)c4ccccc4-5)c4ccc5sc6ccccc6c5c4)cc32)cc1. The molecule has 128 heavy (non-hydrogen) atoms. The van der Waals surface area contributed by atoms with Crippen LogP contribution in [0.25, 0.3) is 97.7 Å². The van der Waals surface area contributed by atoms with Gasteiger partial charge < -0.3 is 14.2 Å². The number of thiophene rings is 1. The number of fused-ring (bicyclic) bond motifs is 18. The van der Waals surface area contributed by atoms with E-state index in [0.29, 0.717) is 0 Å². The third-order valence-corrected chi connectivity index (χ3v) is 29.7. The highest BCUT2D eigenvalue weighted by Gasteiger charge is 2.52. The smallest absolute Gasteiger partial charge is 0.159 e. The Morgan fingerprint density at radius 2 is 0.477 bits per heavy atom. The van der Waals surface area contributed by atoms with E-state index in [1.54, 1.807) is 0 Å². The fourth-order valence-electron chi connectivity index (χ4n) is 23.4. The molecule has 0 N–H and O–H groups in total. The van der Waals surface area contributed by atoms with Crippen LogP contribution in [0.2, 0.25) is 0 Å². The zero-order valence-electron chi connectivity index (χ0n) is 69.9. The standard InChI is InChI=1S/C124H80N2OS/c1-8-33-83(34-9-1)121(84-35-10-2-11-36-84)108-53-27-22-47-96(108)100-69-64-92(77-112(100)121)125(91-68-74-119-107(76-91)104-51-26-31-58-118(104)128-119)93-65-70-101-99-50-25-30-56-111(99)124(113(101)78-93,89-45-20-7-21-46-89)90-62-59-81(60-63-90)82-61-73-117-106(75-82)105-52-32-57-116(120(105)127-117)126(94-66-71-102-97-48-23-28-54-109(97)122(114(102)79-94,85-37-12-3-13-38-85)86-39-14-4-15-40-86)95-67-72-103-98-49-24-29-55-110(98)123(115(103)80-95,87-41-16-5-17-42-87)88-43-18-6-19-44-88/h1-80H. The van der Waals surface area contributed by atoms with Crippen LogP contribution in [-0.2, 0) is 21.7 Å². The van der Waals surface area contributed by atoms with Gasteiger partial charge in [-0.25, -0.2) is 0 Å². The van der Waals surface area contributed by atoms with Crippen LogP contribution in [0.1, 0.15) is 89.0 Å². The zero-order valence-corrected chi connectivity index (χ0v) is 70.7. The molecule has 22 aromatic rings. The summed E-state index contributed by atoms with van der Waals surface area (Å²) in [5.74, 6) is 0. The largest absolute Gasteiger partial charge is 0.454 e. The Kier molecular flexibility index (Phi) is 16.5. The van der Waals surface area contributed by atoms with Crippen molar-refractivity contribution in [3.63, 3.8) is 0 Å². The topological polar surface area (TPSA) is 19.6 Å². The molecule has 0 aliphatic heterocycles. The summed E-state index contributed by atoms with van der Waals surface area (Å²) in [6.45, 7) is 0. The fraction of sp³-hybridized carbons (Fsp3) is 0.0323. The summed E-state index contributed by atoms with van der Waals surface area (Å²) in [7, 11) is 0. The highest BCUT2D eigenvalue weighted by Crippen LogP contribution is 2.64. The highest BCUT2D eigenvalue weighted by molar-refractivity contribution is 7.25. The van der Waals surface area contributed by atoms with Gasteiger partial charge in [0.15, 0.2) is 5.58 Å². The Balaban J connectivity index is 0.640. The van der Waals surface area contributed by atoms with Crippen LogP contribution >= 0.6 is 11.3 Å². The van der Waals surface area contributed by atoms with Crippen LogP contribution in [0.5, 0.6) is 0 Å².